The Morgan fingerprint density at radius 3 is 2.48 bits per heavy atom. The predicted molar refractivity (Wildman–Crippen MR) is 131 cm³/mol. The summed E-state index contributed by atoms with van der Waals surface area (Å²) in [6.45, 7) is 3.71. The van der Waals surface area contributed by atoms with Gasteiger partial charge in [0.15, 0.2) is 5.96 Å². The van der Waals surface area contributed by atoms with E-state index in [0.29, 0.717) is 25.9 Å². The standard InChI is InChI=1S/C26H33N5O2/c1-27-26(28-17-21-9-11-23(12-10-21)31-14-5-8-24(31)32)29-18-22-16-25(33)30(19-22)15-13-20-6-3-2-4-7-20/h2-4,6-7,9-12,22H,5,8,13-19H2,1H3,(H2,27,28,29). The number of anilines is 1. The second kappa shape index (κ2) is 11.0. The zero-order chi connectivity index (χ0) is 23.0. The van der Waals surface area contributed by atoms with Crippen LogP contribution in [0.4, 0.5) is 5.69 Å². The van der Waals surface area contributed by atoms with Crippen molar-refractivity contribution in [3.05, 3.63) is 65.7 Å². The van der Waals surface area contributed by atoms with Crippen LogP contribution in [0.5, 0.6) is 0 Å². The SMILES string of the molecule is CN=C(NCc1ccc(N2CCCC2=O)cc1)NCC1CC(=O)N(CCc2ccccc2)C1. The number of carbonyl (C=O) groups excluding carboxylic acids is 2. The van der Waals surface area contributed by atoms with Crippen molar-refractivity contribution in [2.45, 2.75) is 32.2 Å². The van der Waals surface area contributed by atoms with Crippen LogP contribution in [0.2, 0.25) is 0 Å². The van der Waals surface area contributed by atoms with Crippen molar-refractivity contribution < 1.29 is 9.59 Å². The van der Waals surface area contributed by atoms with E-state index in [2.05, 4.69) is 27.8 Å². The number of carbonyl (C=O) groups is 2. The molecule has 0 saturated carbocycles. The molecule has 0 aliphatic carbocycles. The molecule has 7 nitrogen and oxygen atoms in total. The molecule has 4 rings (SSSR count). The molecule has 2 N–H and O–H groups in total. The van der Waals surface area contributed by atoms with Crippen LogP contribution in [0.25, 0.3) is 0 Å². The summed E-state index contributed by atoms with van der Waals surface area (Å²) in [5, 5.41) is 6.70. The first-order valence-electron chi connectivity index (χ1n) is 11.8. The molecule has 2 fully saturated rings. The van der Waals surface area contributed by atoms with Crippen molar-refractivity contribution in [3.63, 3.8) is 0 Å². The monoisotopic (exact) mass is 447 g/mol. The Morgan fingerprint density at radius 1 is 1.00 bits per heavy atom. The zero-order valence-corrected chi connectivity index (χ0v) is 19.3. The minimum absolute atomic E-state index is 0.203. The summed E-state index contributed by atoms with van der Waals surface area (Å²) >= 11 is 0. The summed E-state index contributed by atoms with van der Waals surface area (Å²) in [6, 6.07) is 18.4. The topological polar surface area (TPSA) is 77.0 Å². The molecule has 174 valence electrons. The number of amides is 2. The lowest BCUT2D eigenvalue weighted by Crippen LogP contribution is -2.40. The lowest BCUT2D eigenvalue weighted by Gasteiger charge is -2.18. The van der Waals surface area contributed by atoms with E-state index in [-0.39, 0.29) is 17.7 Å². The summed E-state index contributed by atoms with van der Waals surface area (Å²) in [5.41, 5.74) is 3.35. The highest BCUT2D eigenvalue weighted by molar-refractivity contribution is 5.95. The lowest BCUT2D eigenvalue weighted by molar-refractivity contribution is -0.127. The highest BCUT2D eigenvalue weighted by atomic mass is 16.2. The fraction of sp³-hybridized carbons (Fsp3) is 0.423. The third kappa shape index (κ3) is 6.12. The molecule has 2 heterocycles. The fourth-order valence-corrected chi connectivity index (χ4v) is 4.48. The smallest absolute Gasteiger partial charge is 0.227 e. The van der Waals surface area contributed by atoms with E-state index in [0.717, 1.165) is 49.7 Å². The molecule has 0 aromatic heterocycles. The van der Waals surface area contributed by atoms with Gasteiger partial charge in [-0.05, 0) is 36.1 Å². The summed E-state index contributed by atoms with van der Waals surface area (Å²) < 4.78 is 0. The van der Waals surface area contributed by atoms with Crippen molar-refractivity contribution in [1.82, 2.24) is 15.5 Å². The average Bonchev–Trinajstić information content (AvgIpc) is 3.43. The van der Waals surface area contributed by atoms with E-state index in [4.69, 9.17) is 0 Å². The predicted octanol–water partition coefficient (Wildman–Crippen LogP) is 2.57. The summed E-state index contributed by atoms with van der Waals surface area (Å²) in [6.07, 6.45) is 3.04. The van der Waals surface area contributed by atoms with Crippen LogP contribution in [0.1, 0.15) is 30.4 Å². The van der Waals surface area contributed by atoms with Gasteiger partial charge in [-0.15, -0.1) is 0 Å². The molecule has 0 bridgehead atoms. The zero-order valence-electron chi connectivity index (χ0n) is 19.3. The van der Waals surface area contributed by atoms with Gasteiger partial charge in [0.2, 0.25) is 11.8 Å². The number of likely N-dealkylation sites (tertiary alicyclic amines) is 1. The molecule has 2 aromatic rings. The van der Waals surface area contributed by atoms with Gasteiger partial charge in [0.1, 0.15) is 0 Å². The number of hydrogen-bond donors (Lipinski definition) is 2. The quantitative estimate of drug-likeness (QED) is 0.482. The Bertz CT molecular complexity index is 974. The van der Waals surface area contributed by atoms with Crippen LogP contribution in [0.3, 0.4) is 0 Å². The molecule has 0 radical (unpaired) electrons. The molecular weight excluding hydrogens is 414 g/mol. The van der Waals surface area contributed by atoms with Crippen molar-refractivity contribution in [2.75, 3.05) is 38.1 Å². The summed E-state index contributed by atoms with van der Waals surface area (Å²) in [7, 11) is 1.75. The maximum Gasteiger partial charge on any atom is 0.227 e. The minimum atomic E-state index is 0.203. The summed E-state index contributed by atoms with van der Waals surface area (Å²) in [4.78, 5) is 32.4. The number of rotatable bonds is 8. The average molecular weight is 448 g/mol. The Morgan fingerprint density at radius 2 is 1.79 bits per heavy atom. The fourth-order valence-electron chi connectivity index (χ4n) is 4.48. The second-order valence-electron chi connectivity index (χ2n) is 8.77. The molecule has 0 spiro atoms. The normalized spacial score (nSPS) is 18.8. The lowest BCUT2D eigenvalue weighted by atomic mass is 10.1. The molecule has 2 aliphatic heterocycles. The van der Waals surface area contributed by atoms with Gasteiger partial charge in [0.05, 0.1) is 0 Å². The van der Waals surface area contributed by atoms with Crippen molar-refractivity contribution >= 4 is 23.5 Å². The van der Waals surface area contributed by atoms with E-state index in [1.807, 2.05) is 52.3 Å². The third-order valence-electron chi connectivity index (χ3n) is 6.37. The number of nitrogens with zero attached hydrogens (tertiary/aromatic N) is 3. The maximum absolute atomic E-state index is 12.4. The van der Waals surface area contributed by atoms with Gasteiger partial charge in [-0.2, -0.15) is 0 Å². The molecule has 2 amide bonds. The van der Waals surface area contributed by atoms with Crippen LogP contribution in [0, 0.1) is 5.92 Å². The first-order valence-corrected chi connectivity index (χ1v) is 11.8. The molecular formula is C26H33N5O2. The Kier molecular flexibility index (Phi) is 7.60. The molecule has 1 unspecified atom stereocenters. The van der Waals surface area contributed by atoms with E-state index in [1.165, 1.54) is 5.56 Å². The number of nitrogens with one attached hydrogen (secondary N) is 2. The molecule has 2 saturated heterocycles. The number of aliphatic imine (C=N–C) groups is 1. The maximum atomic E-state index is 12.4. The Hall–Kier alpha value is -3.35. The van der Waals surface area contributed by atoms with E-state index in [9.17, 15) is 9.59 Å². The first-order chi connectivity index (χ1) is 16.1. The highest BCUT2D eigenvalue weighted by Gasteiger charge is 2.29. The molecule has 2 aromatic carbocycles. The van der Waals surface area contributed by atoms with Crippen LogP contribution >= 0.6 is 0 Å². The van der Waals surface area contributed by atoms with E-state index in [1.54, 1.807) is 7.05 Å². The van der Waals surface area contributed by atoms with Crippen LogP contribution in [-0.2, 0) is 22.6 Å². The molecule has 2 aliphatic rings. The van der Waals surface area contributed by atoms with Crippen molar-refractivity contribution in [1.29, 1.82) is 0 Å². The molecule has 7 heteroatoms. The second-order valence-corrected chi connectivity index (χ2v) is 8.77. The van der Waals surface area contributed by atoms with Crippen LogP contribution < -0.4 is 15.5 Å². The van der Waals surface area contributed by atoms with Gasteiger partial charge in [0.25, 0.3) is 0 Å². The number of guanidine groups is 1. The van der Waals surface area contributed by atoms with Crippen molar-refractivity contribution in [3.8, 4) is 0 Å². The number of hydrogen-bond acceptors (Lipinski definition) is 3. The molecule has 1 atom stereocenters. The van der Waals surface area contributed by atoms with Gasteiger partial charge in [-0.1, -0.05) is 42.5 Å². The Labute approximate surface area is 195 Å². The van der Waals surface area contributed by atoms with E-state index < -0.39 is 0 Å². The van der Waals surface area contributed by atoms with E-state index >= 15 is 0 Å². The Balaban J connectivity index is 1.19. The highest BCUT2D eigenvalue weighted by Crippen LogP contribution is 2.21. The summed E-state index contributed by atoms with van der Waals surface area (Å²) in [5.74, 6) is 1.44. The minimum Gasteiger partial charge on any atom is -0.356 e. The number of benzene rings is 2. The van der Waals surface area contributed by atoms with Gasteiger partial charge >= 0.3 is 0 Å². The van der Waals surface area contributed by atoms with Gasteiger partial charge in [-0.3, -0.25) is 14.6 Å². The first kappa shape index (κ1) is 22.8. The molecule has 33 heavy (non-hydrogen) atoms. The van der Waals surface area contributed by atoms with Crippen LogP contribution in [-0.4, -0.2) is 55.9 Å². The third-order valence-corrected chi connectivity index (χ3v) is 6.37. The van der Waals surface area contributed by atoms with Gasteiger partial charge in [0, 0.05) is 64.2 Å². The largest absolute Gasteiger partial charge is 0.356 e. The van der Waals surface area contributed by atoms with Gasteiger partial charge in [-0.25, -0.2) is 0 Å². The van der Waals surface area contributed by atoms with Crippen LogP contribution in [0.15, 0.2) is 59.6 Å². The van der Waals surface area contributed by atoms with Crippen molar-refractivity contribution in [2.24, 2.45) is 10.9 Å². The van der Waals surface area contributed by atoms with Gasteiger partial charge < -0.3 is 20.4 Å².